The van der Waals surface area contributed by atoms with Crippen molar-refractivity contribution in [2.45, 2.75) is 44.6 Å². The van der Waals surface area contributed by atoms with Gasteiger partial charge < -0.3 is 10.4 Å². The van der Waals surface area contributed by atoms with Crippen molar-refractivity contribution >= 4 is 23.5 Å². The highest BCUT2D eigenvalue weighted by atomic mass is 35.5. The van der Waals surface area contributed by atoms with Gasteiger partial charge in [-0.2, -0.15) is 0 Å². The summed E-state index contributed by atoms with van der Waals surface area (Å²) >= 11 is 6.05. The molecule has 1 amide bonds. The number of aryl methyl sites for hydroxylation is 1. The van der Waals surface area contributed by atoms with Crippen LogP contribution in [0.15, 0.2) is 24.3 Å². The van der Waals surface area contributed by atoms with E-state index >= 15 is 0 Å². The van der Waals surface area contributed by atoms with Crippen LogP contribution < -0.4 is 5.32 Å². The van der Waals surface area contributed by atoms with Crippen molar-refractivity contribution in [2.24, 2.45) is 5.92 Å². The van der Waals surface area contributed by atoms with Crippen LogP contribution in [0.4, 0.5) is 0 Å². The van der Waals surface area contributed by atoms with Crippen molar-refractivity contribution in [3.8, 4) is 0 Å². The third kappa shape index (κ3) is 4.46. The predicted octanol–water partition coefficient (Wildman–Crippen LogP) is 3.03. The molecule has 4 nitrogen and oxygen atoms in total. The number of rotatable bonds is 5. The van der Waals surface area contributed by atoms with Crippen molar-refractivity contribution in [1.29, 1.82) is 0 Å². The van der Waals surface area contributed by atoms with Crippen molar-refractivity contribution in [2.75, 3.05) is 0 Å². The molecule has 2 unspecified atom stereocenters. The molecule has 1 aromatic carbocycles. The van der Waals surface area contributed by atoms with E-state index in [2.05, 4.69) is 5.32 Å². The summed E-state index contributed by atoms with van der Waals surface area (Å²) in [5.74, 6) is -1.37. The molecule has 0 bridgehead atoms. The molecule has 1 fully saturated rings. The number of carbonyl (C=O) groups is 2. The number of nitrogens with one attached hydrogen (secondary N) is 1. The van der Waals surface area contributed by atoms with E-state index in [0.29, 0.717) is 24.3 Å². The van der Waals surface area contributed by atoms with E-state index in [0.717, 1.165) is 24.8 Å². The minimum atomic E-state index is -0.814. The number of halogens is 1. The molecular weight excluding hydrogens is 290 g/mol. The Morgan fingerprint density at radius 3 is 2.67 bits per heavy atom. The molecule has 0 aliphatic heterocycles. The van der Waals surface area contributed by atoms with Gasteiger partial charge in [0, 0.05) is 17.5 Å². The van der Waals surface area contributed by atoms with Crippen LogP contribution in [0.5, 0.6) is 0 Å². The Morgan fingerprint density at radius 2 is 1.95 bits per heavy atom. The lowest BCUT2D eigenvalue weighted by molar-refractivity contribution is -0.144. The van der Waals surface area contributed by atoms with Crippen LogP contribution in [0.3, 0.4) is 0 Å². The Balaban J connectivity index is 1.86. The first-order valence-corrected chi connectivity index (χ1v) is 7.71. The molecule has 2 atom stereocenters. The second-order valence-corrected chi connectivity index (χ2v) is 5.90. The zero-order chi connectivity index (χ0) is 15.2. The summed E-state index contributed by atoms with van der Waals surface area (Å²) in [6, 6.07) is 7.20. The van der Waals surface area contributed by atoms with Gasteiger partial charge in [-0.3, -0.25) is 9.59 Å². The maximum atomic E-state index is 12.0. The van der Waals surface area contributed by atoms with E-state index in [1.807, 2.05) is 18.2 Å². The van der Waals surface area contributed by atoms with Crippen LogP contribution >= 0.6 is 11.6 Å². The van der Waals surface area contributed by atoms with Gasteiger partial charge in [-0.15, -0.1) is 0 Å². The first kappa shape index (κ1) is 15.8. The van der Waals surface area contributed by atoms with Crippen molar-refractivity contribution < 1.29 is 14.7 Å². The van der Waals surface area contributed by atoms with E-state index in [1.165, 1.54) is 0 Å². The summed E-state index contributed by atoms with van der Waals surface area (Å²) in [5.41, 5.74) is 0.938. The molecule has 0 saturated heterocycles. The molecule has 2 rings (SSSR count). The fraction of sp³-hybridized carbons (Fsp3) is 0.500. The zero-order valence-corrected chi connectivity index (χ0v) is 12.6. The first-order valence-electron chi connectivity index (χ1n) is 7.33. The Morgan fingerprint density at radius 1 is 1.24 bits per heavy atom. The van der Waals surface area contributed by atoms with Gasteiger partial charge in [0.15, 0.2) is 0 Å². The number of aliphatic carboxylic acids is 1. The summed E-state index contributed by atoms with van der Waals surface area (Å²) in [6.07, 6.45) is 4.17. The minimum absolute atomic E-state index is 0.104. The van der Waals surface area contributed by atoms with E-state index in [1.54, 1.807) is 6.07 Å². The molecule has 21 heavy (non-hydrogen) atoms. The monoisotopic (exact) mass is 309 g/mol. The first-order chi connectivity index (χ1) is 10.1. The Bertz CT molecular complexity index is 518. The quantitative estimate of drug-likeness (QED) is 0.878. The molecule has 1 aromatic rings. The van der Waals surface area contributed by atoms with Crippen molar-refractivity contribution in [3.63, 3.8) is 0 Å². The van der Waals surface area contributed by atoms with Gasteiger partial charge in [-0.1, -0.05) is 42.6 Å². The summed E-state index contributed by atoms with van der Waals surface area (Å²) in [4.78, 5) is 23.2. The minimum Gasteiger partial charge on any atom is -0.481 e. The summed E-state index contributed by atoms with van der Waals surface area (Å²) < 4.78 is 0. The van der Waals surface area contributed by atoms with E-state index < -0.39 is 11.9 Å². The van der Waals surface area contributed by atoms with Crippen molar-refractivity contribution in [3.05, 3.63) is 34.9 Å². The van der Waals surface area contributed by atoms with E-state index in [9.17, 15) is 14.7 Å². The molecule has 5 heteroatoms. The number of carbonyl (C=O) groups excluding carboxylic acids is 1. The molecule has 1 aliphatic rings. The summed E-state index contributed by atoms with van der Waals surface area (Å²) in [7, 11) is 0. The molecule has 0 aromatic heterocycles. The van der Waals surface area contributed by atoms with E-state index in [4.69, 9.17) is 11.6 Å². The van der Waals surface area contributed by atoms with Crippen LogP contribution in [0.1, 0.15) is 37.7 Å². The normalized spacial score (nSPS) is 21.8. The Labute approximate surface area is 129 Å². The van der Waals surface area contributed by atoms with Crippen LogP contribution in [-0.2, 0) is 16.0 Å². The second-order valence-electron chi connectivity index (χ2n) is 5.49. The Hall–Kier alpha value is -1.55. The van der Waals surface area contributed by atoms with Crippen LogP contribution in [0.2, 0.25) is 5.02 Å². The lowest BCUT2D eigenvalue weighted by atomic mass is 9.84. The largest absolute Gasteiger partial charge is 0.481 e. The SMILES string of the molecule is O=C(CCc1ccccc1Cl)NC1CCCCC1C(=O)O. The van der Waals surface area contributed by atoms with Gasteiger partial charge in [-0.05, 0) is 30.9 Å². The van der Waals surface area contributed by atoms with Crippen LogP contribution in [-0.4, -0.2) is 23.0 Å². The highest BCUT2D eigenvalue weighted by Gasteiger charge is 2.31. The van der Waals surface area contributed by atoms with Crippen LogP contribution in [0, 0.1) is 5.92 Å². The highest BCUT2D eigenvalue weighted by Crippen LogP contribution is 2.25. The molecule has 0 radical (unpaired) electrons. The van der Waals surface area contributed by atoms with E-state index in [-0.39, 0.29) is 11.9 Å². The third-order valence-electron chi connectivity index (χ3n) is 4.01. The molecule has 114 valence electrons. The fourth-order valence-electron chi connectivity index (χ4n) is 2.83. The maximum Gasteiger partial charge on any atom is 0.308 e. The van der Waals surface area contributed by atoms with Gasteiger partial charge in [0.1, 0.15) is 0 Å². The summed E-state index contributed by atoms with van der Waals surface area (Å²) in [6.45, 7) is 0. The maximum absolute atomic E-state index is 12.0. The molecule has 1 saturated carbocycles. The fourth-order valence-corrected chi connectivity index (χ4v) is 3.06. The van der Waals surface area contributed by atoms with Gasteiger partial charge in [0.05, 0.1) is 5.92 Å². The number of hydrogen-bond donors (Lipinski definition) is 2. The molecule has 0 heterocycles. The number of benzene rings is 1. The third-order valence-corrected chi connectivity index (χ3v) is 4.38. The second kappa shape index (κ2) is 7.46. The number of carboxylic acids is 1. The smallest absolute Gasteiger partial charge is 0.308 e. The predicted molar refractivity (Wildman–Crippen MR) is 81.3 cm³/mol. The molecule has 2 N–H and O–H groups in total. The number of carboxylic acid groups (broad SMARTS) is 1. The molecule has 0 spiro atoms. The van der Waals surface area contributed by atoms with Gasteiger partial charge in [0.25, 0.3) is 0 Å². The average molecular weight is 310 g/mol. The topological polar surface area (TPSA) is 66.4 Å². The van der Waals surface area contributed by atoms with Gasteiger partial charge >= 0.3 is 5.97 Å². The highest BCUT2D eigenvalue weighted by molar-refractivity contribution is 6.31. The number of hydrogen-bond acceptors (Lipinski definition) is 2. The average Bonchev–Trinajstić information content (AvgIpc) is 2.47. The zero-order valence-electron chi connectivity index (χ0n) is 11.8. The Kier molecular flexibility index (Phi) is 5.62. The molecule has 1 aliphatic carbocycles. The van der Waals surface area contributed by atoms with Gasteiger partial charge in [0.2, 0.25) is 5.91 Å². The molecular formula is C16H20ClNO3. The van der Waals surface area contributed by atoms with Crippen LogP contribution in [0.25, 0.3) is 0 Å². The summed E-state index contributed by atoms with van der Waals surface area (Å²) in [5, 5.41) is 12.7. The lowest BCUT2D eigenvalue weighted by Gasteiger charge is -2.29. The lowest BCUT2D eigenvalue weighted by Crippen LogP contribution is -2.45. The van der Waals surface area contributed by atoms with Crippen molar-refractivity contribution in [1.82, 2.24) is 5.32 Å². The number of amides is 1. The standard InChI is InChI=1S/C16H20ClNO3/c17-13-7-3-1-5-11(13)9-10-15(19)18-14-8-4-2-6-12(14)16(20)21/h1,3,5,7,12,14H,2,4,6,8-10H2,(H,18,19)(H,20,21). The van der Waals surface area contributed by atoms with Gasteiger partial charge in [-0.25, -0.2) is 0 Å².